The number of likely N-dealkylation sites (N-methyl/N-ethyl adjacent to an activating group) is 2. The number of aromatic nitrogens is 2. The second-order valence-electron chi connectivity index (χ2n) is 27.6. The SMILES string of the molecule is CCCCCCCCOC(=O)O[C@H]1C[C@@H](Cc2c(-c3[nH]c4cc(F)ccc4c3C[C@@H]3C[C@H](OC(=O)OCCCCCCCC)CN3C(=O)[C@H](CCC)NC(=O)[C@H](C)N(C)C(=O)OC(C)(C)C)[nH]c3cc(F)ccc23)N(C(=O)[C@H](CC)NC(=O)[C@H](C)N(C)C(=O)OC(C)(C)C)C1. The molecule has 95 heavy (non-hydrogen) atoms. The summed E-state index contributed by atoms with van der Waals surface area (Å²) in [6, 6.07) is 2.77. The number of fused-ring (bicyclic) bond motifs is 2. The van der Waals surface area contributed by atoms with Gasteiger partial charge in [-0.25, -0.2) is 28.0 Å². The number of hydrogen-bond acceptors (Lipinski definition) is 14. The number of halogens is 2. The van der Waals surface area contributed by atoms with E-state index in [1.807, 2.05) is 6.92 Å². The number of carbonyl (C=O) groups is 8. The number of unbranched alkanes of at least 4 members (excludes halogenated alkanes) is 10. The predicted molar refractivity (Wildman–Crippen MR) is 358 cm³/mol. The van der Waals surface area contributed by atoms with E-state index < -0.39 is 119 Å². The molecule has 6 rings (SSSR count). The van der Waals surface area contributed by atoms with Crippen LogP contribution in [0.4, 0.5) is 28.0 Å². The second kappa shape index (κ2) is 35.4. The highest BCUT2D eigenvalue weighted by atomic mass is 19.1. The summed E-state index contributed by atoms with van der Waals surface area (Å²) in [4.78, 5) is 124. The topological polar surface area (TPSA) is 261 Å². The summed E-state index contributed by atoms with van der Waals surface area (Å²) in [6.07, 6.45) is 7.83. The quantitative estimate of drug-likeness (QED) is 0.0201. The molecule has 2 aliphatic rings. The van der Waals surface area contributed by atoms with Crippen molar-refractivity contribution < 1.29 is 75.6 Å². The summed E-state index contributed by atoms with van der Waals surface area (Å²) in [5.41, 5.74) is 1.14. The number of rotatable bonds is 32. The first-order valence-corrected chi connectivity index (χ1v) is 34.4. The lowest BCUT2D eigenvalue weighted by Gasteiger charge is -2.32. The molecule has 24 heteroatoms. The van der Waals surface area contributed by atoms with Gasteiger partial charge >= 0.3 is 24.5 Å². The Morgan fingerprint density at radius 2 is 0.937 bits per heavy atom. The Balaban J connectivity index is 1.40. The first-order valence-electron chi connectivity index (χ1n) is 34.4. The van der Waals surface area contributed by atoms with Crippen molar-refractivity contribution in [2.75, 3.05) is 40.4 Å². The van der Waals surface area contributed by atoms with Gasteiger partial charge in [-0.15, -0.1) is 0 Å². The first-order chi connectivity index (χ1) is 45.0. The van der Waals surface area contributed by atoms with E-state index in [0.29, 0.717) is 63.6 Å². The van der Waals surface area contributed by atoms with Crippen molar-refractivity contribution in [2.24, 2.45) is 0 Å². The number of H-pyrrole nitrogens is 2. The maximum atomic E-state index is 15.5. The molecule has 4 heterocycles. The van der Waals surface area contributed by atoms with Crippen LogP contribution in [0.5, 0.6) is 0 Å². The molecule has 0 radical (unpaired) electrons. The number of likely N-dealkylation sites (tertiary alicyclic amines) is 2. The summed E-state index contributed by atoms with van der Waals surface area (Å²) >= 11 is 0. The third-order valence-corrected chi connectivity index (χ3v) is 17.6. The highest BCUT2D eigenvalue weighted by Gasteiger charge is 2.44. The monoisotopic (exact) mass is 1330 g/mol. The standard InChI is InChI=1S/C71H106F2N8O14/c1-15-19-21-23-25-27-34-90-68(88)92-50-38-48(80(42-50)64(84)56(18-4)76-62(82)44(5)78(13)66(86)94-70(7,8)9)40-54-52-32-30-46(72)36-58(52)74-60(54)61-55(53-33-31-47(73)37-59(53)75-61)41-49-39-51(93-69(89)91-35-28-26-24-22-20-16-2)43-81(49)65(85)57(29-17-3)77-63(83)45(6)79(14)67(87)95-71(10,11)12/h30-33,36-37,44-45,48-51,56-57,74-75H,15-29,34-35,38-43H2,1-14H3,(H,76,82)(H,77,83)/t44-,45-,48-,49-,50-,51-,56-,57-/m0/s1. The van der Waals surface area contributed by atoms with E-state index in [1.165, 1.54) is 52.2 Å². The van der Waals surface area contributed by atoms with Gasteiger partial charge in [0.1, 0.15) is 59.2 Å². The minimum absolute atomic E-state index is 0.0649. The maximum Gasteiger partial charge on any atom is 0.508 e. The van der Waals surface area contributed by atoms with Gasteiger partial charge in [0.05, 0.1) is 37.7 Å². The van der Waals surface area contributed by atoms with E-state index in [-0.39, 0.29) is 64.8 Å². The highest BCUT2D eigenvalue weighted by molar-refractivity contribution is 5.97. The molecule has 22 nitrogen and oxygen atoms in total. The zero-order chi connectivity index (χ0) is 69.9. The Morgan fingerprint density at radius 1 is 0.558 bits per heavy atom. The highest BCUT2D eigenvalue weighted by Crippen LogP contribution is 2.41. The van der Waals surface area contributed by atoms with Crippen molar-refractivity contribution in [2.45, 2.75) is 265 Å². The van der Waals surface area contributed by atoms with Crippen LogP contribution in [0.1, 0.15) is 203 Å². The number of ether oxygens (including phenoxy) is 6. The minimum Gasteiger partial charge on any atom is -0.444 e. The number of hydrogen-bond donors (Lipinski definition) is 4. The molecule has 0 spiro atoms. The first kappa shape index (κ1) is 76.4. The summed E-state index contributed by atoms with van der Waals surface area (Å²) < 4.78 is 65.2. The van der Waals surface area contributed by atoms with Crippen molar-refractivity contribution in [1.82, 2.24) is 40.2 Å². The Kier molecular flexibility index (Phi) is 28.4. The lowest BCUT2D eigenvalue weighted by atomic mass is 9.94. The average Bonchev–Trinajstić information content (AvgIpc) is 1.60. The van der Waals surface area contributed by atoms with Gasteiger partial charge in [0, 0.05) is 60.8 Å². The smallest absolute Gasteiger partial charge is 0.444 e. The van der Waals surface area contributed by atoms with Crippen molar-refractivity contribution in [3.05, 3.63) is 59.2 Å². The number of aromatic amines is 2. The third-order valence-electron chi connectivity index (χ3n) is 17.6. The normalized spacial score (nSPS) is 17.8. The minimum atomic E-state index is -1.11. The Morgan fingerprint density at radius 3 is 1.32 bits per heavy atom. The fourth-order valence-corrected chi connectivity index (χ4v) is 12.2. The lowest BCUT2D eigenvalue weighted by molar-refractivity contribution is -0.138. The zero-order valence-electron chi connectivity index (χ0n) is 58.6. The fraction of sp³-hybridized carbons (Fsp3) is 0.662. The van der Waals surface area contributed by atoms with Gasteiger partial charge in [-0.2, -0.15) is 0 Å². The molecule has 8 atom stereocenters. The molecule has 2 fully saturated rings. The van der Waals surface area contributed by atoms with Crippen molar-refractivity contribution in [3.63, 3.8) is 0 Å². The molecular weight excluding hydrogens is 1230 g/mol. The van der Waals surface area contributed by atoms with E-state index >= 15 is 18.4 Å². The fourth-order valence-electron chi connectivity index (χ4n) is 12.2. The van der Waals surface area contributed by atoms with Crippen LogP contribution in [0.3, 0.4) is 0 Å². The second-order valence-corrected chi connectivity index (χ2v) is 27.6. The molecule has 0 aliphatic carbocycles. The van der Waals surface area contributed by atoms with E-state index in [2.05, 4.69) is 34.4 Å². The maximum absolute atomic E-state index is 15.5. The Labute approximate surface area is 559 Å². The van der Waals surface area contributed by atoms with E-state index in [1.54, 1.807) is 70.4 Å². The largest absolute Gasteiger partial charge is 0.508 e. The van der Waals surface area contributed by atoms with Gasteiger partial charge in [0.15, 0.2) is 0 Å². The summed E-state index contributed by atoms with van der Waals surface area (Å²) in [6.45, 7) is 21.3. The molecule has 0 bridgehead atoms. The molecule has 4 N–H and O–H groups in total. The van der Waals surface area contributed by atoms with Crippen LogP contribution in [0, 0.1) is 11.6 Å². The molecule has 2 aromatic carbocycles. The predicted octanol–water partition coefficient (Wildman–Crippen LogP) is 13.3. The molecule has 2 aliphatic heterocycles. The van der Waals surface area contributed by atoms with E-state index in [0.717, 1.165) is 74.0 Å². The van der Waals surface area contributed by atoms with Crippen LogP contribution in [0.25, 0.3) is 33.2 Å². The molecular formula is C71H106F2N8O14. The number of nitrogens with zero attached hydrogens (tertiary/aromatic N) is 4. The Hall–Kier alpha value is -7.66. The van der Waals surface area contributed by atoms with E-state index in [9.17, 15) is 28.8 Å². The van der Waals surface area contributed by atoms with Crippen molar-refractivity contribution in [3.8, 4) is 11.4 Å². The molecule has 4 aromatic rings. The molecule has 528 valence electrons. The van der Waals surface area contributed by atoms with Crippen LogP contribution >= 0.6 is 0 Å². The van der Waals surface area contributed by atoms with Gasteiger partial charge < -0.3 is 58.8 Å². The lowest BCUT2D eigenvalue weighted by Crippen LogP contribution is -2.55. The molecule has 6 amide bonds. The number of carbonyl (C=O) groups excluding carboxylic acids is 8. The average molecular weight is 1330 g/mol. The number of amides is 6. The van der Waals surface area contributed by atoms with Crippen LogP contribution < -0.4 is 10.6 Å². The van der Waals surface area contributed by atoms with Crippen LogP contribution in [-0.2, 0) is 60.4 Å². The summed E-state index contributed by atoms with van der Waals surface area (Å²) in [5, 5.41) is 6.90. The van der Waals surface area contributed by atoms with Gasteiger partial charge in [0.2, 0.25) is 23.6 Å². The van der Waals surface area contributed by atoms with Crippen molar-refractivity contribution in [1.29, 1.82) is 0 Å². The summed E-state index contributed by atoms with van der Waals surface area (Å²) in [5.74, 6) is -3.28. The third kappa shape index (κ3) is 21.9. The van der Waals surface area contributed by atoms with Crippen LogP contribution in [0.15, 0.2) is 36.4 Å². The number of benzene rings is 2. The van der Waals surface area contributed by atoms with Crippen molar-refractivity contribution >= 4 is 69.9 Å². The molecule has 2 saturated heterocycles. The summed E-state index contributed by atoms with van der Waals surface area (Å²) in [7, 11) is 2.87. The zero-order valence-corrected chi connectivity index (χ0v) is 58.6. The van der Waals surface area contributed by atoms with E-state index in [4.69, 9.17) is 28.4 Å². The number of nitrogens with one attached hydrogen (secondary N) is 4. The van der Waals surface area contributed by atoms with Crippen LogP contribution in [-0.4, -0.2) is 178 Å². The molecule has 0 saturated carbocycles. The van der Waals surface area contributed by atoms with Gasteiger partial charge in [-0.1, -0.05) is 98.3 Å². The van der Waals surface area contributed by atoms with Gasteiger partial charge in [-0.05, 0) is 141 Å². The van der Waals surface area contributed by atoms with Gasteiger partial charge in [-0.3, -0.25) is 29.0 Å². The molecule has 0 unspecified atom stereocenters. The molecule has 2 aromatic heterocycles. The Bertz CT molecular complexity index is 3250. The van der Waals surface area contributed by atoms with Crippen LogP contribution in [0.2, 0.25) is 0 Å². The van der Waals surface area contributed by atoms with Gasteiger partial charge in [0.25, 0.3) is 0 Å².